The lowest BCUT2D eigenvalue weighted by Gasteiger charge is -2.33. The van der Waals surface area contributed by atoms with E-state index >= 15 is 0 Å². The largest absolute Gasteiger partial charge is 0.480 e. The van der Waals surface area contributed by atoms with E-state index < -0.39 is 12.0 Å². The van der Waals surface area contributed by atoms with Crippen LogP contribution in [0, 0.1) is 5.92 Å². The molecule has 0 saturated carbocycles. The van der Waals surface area contributed by atoms with E-state index in [2.05, 4.69) is 0 Å². The number of likely N-dealkylation sites (N-methyl/N-ethyl adjacent to an activating group) is 1. The van der Waals surface area contributed by atoms with E-state index in [0.717, 1.165) is 0 Å². The summed E-state index contributed by atoms with van der Waals surface area (Å²) in [6, 6.07) is -0.633. The molecule has 2 atom stereocenters. The molecular formula is C8H13NO3. The molecule has 4 nitrogen and oxygen atoms in total. The Morgan fingerprint density at radius 1 is 1.67 bits per heavy atom. The zero-order chi connectivity index (χ0) is 9.30. The van der Waals surface area contributed by atoms with Gasteiger partial charge in [-0.15, -0.1) is 0 Å². The first kappa shape index (κ1) is 9.19. The Kier molecular flexibility index (Phi) is 2.47. The molecule has 0 amide bonds. The van der Waals surface area contributed by atoms with E-state index in [1.807, 2.05) is 0 Å². The highest BCUT2D eigenvalue weighted by atomic mass is 16.4. The summed E-state index contributed by atoms with van der Waals surface area (Å²) in [5, 5.41) is 8.80. The maximum atomic E-state index is 11.2. The maximum absolute atomic E-state index is 11.2. The number of carbonyl (C=O) groups is 2. The molecule has 1 N–H and O–H groups in total. The summed E-state index contributed by atoms with van der Waals surface area (Å²) in [7, 11) is 1.74. The molecule has 68 valence electrons. The fourth-order valence-electron chi connectivity index (χ4n) is 1.61. The summed E-state index contributed by atoms with van der Waals surface area (Å²) >= 11 is 0. The smallest absolute Gasteiger partial charge is 0.321 e. The van der Waals surface area contributed by atoms with E-state index in [0.29, 0.717) is 13.0 Å². The molecular weight excluding hydrogens is 158 g/mol. The van der Waals surface area contributed by atoms with Gasteiger partial charge in [0.2, 0.25) is 0 Å². The topological polar surface area (TPSA) is 57.6 Å². The minimum Gasteiger partial charge on any atom is -0.480 e. The first-order valence-electron chi connectivity index (χ1n) is 4.00. The molecule has 12 heavy (non-hydrogen) atoms. The predicted molar refractivity (Wildman–Crippen MR) is 42.8 cm³/mol. The number of piperidine rings is 1. The molecule has 1 rings (SSSR count). The van der Waals surface area contributed by atoms with Gasteiger partial charge in [-0.2, -0.15) is 0 Å². The standard InChI is InChI=1S/C8H13NO3/c1-5-6(10)3-4-9(2)7(5)8(11)12/h5,7H,3-4H2,1-2H3,(H,11,12). The monoisotopic (exact) mass is 171 g/mol. The van der Waals surface area contributed by atoms with Crippen molar-refractivity contribution in [1.82, 2.24) is 4.90 Å². The van der Waals surface area contributed by atoms with Crippen LogP contribution in [-0.4, -0.2) is 41.4 Å². The molecule has 1 heterocycles. The van der Waals surface area contributed by atoms with Gasteiger partial charge in [0.15, 0.2) is 0 Å². The molecule has 0 aromatic rings. The second kappa shape index (κ2) is 3.23. The quantitative estimate of drug-likeness (QED) is 0.602. The summed E-state index contributed by atoms with van der Waals surface area (Å²) in [4.78, 5) is 23.6. The number of carbonyl (C=O) groups excluding carboxylic acids is 1. The molecule has 2 unspecified atom stereocenters. The second-order valence-electron chi connectivity index (χ2n) is 3.27. The Hall–Kier alpha value is -0.900. The Labute approximate surface area is 71.2 Å². The van der Waals surface area contributed by atoms with Crippen molar-refractivity contribution in [2.24, 2.45) is 5.92 Å². The number of Topliss-reactive ketones (excluding diaryl/α,β-unsaturated/α-hetero) is 1. The molecule has 1 fully saturated rings. The predicted octanol–water partition coefficient (Wildman–Crippen LogP) is -0.0197. The van der Waals surface area contributed by atoms with Gasteiger partial charge in [-0.25, -0.2) is 0 Å². The van der Waals surface area contributed by atoms with Crippen LogP contribution in [-0.2, 0) is 9.59 Å². The van der Waals surface area contributed by atoms with Crippen LogP contribution in [0.3, 0.4) is 0 Å². The van der Waals surface area contributed by atoms with Gasteiger partial charge in [0, 0.05) is 18.9 Å². The molecule has 0 aromatic heterocycles. The molecule has 1 aliphatic heterocycles. The van der Waals surface area contributed by atoms with Crippen molar-refractivity contribution < 1.29 is 14.7 Å². The van der Waals surface area contributed by atoms with Crippen LogP contribution in [0.15, 0.2) is 0 Å². The molecule has 1 aliphatic rings. The van der Waals surface area contributed by atoms with Crippen molar-refractivity contribution in [3.8, 4) is 0 Å². The number of nitrogens with zero attached hydrogens (tertiary/aromatic N) is 1. The van der Waals surface area contributed by atoms with Crippen LogP contribution < -0.4 is 0 Å². The Morgan fingerprint density at radius 3 is 2.67 bits per heavy atom. The van der Waals surface area contributed by atoms with Crippen molar-refractivity contribution in [2.45, 2.75) is 19.4 Å². The number of likely N-dealkylation sites (tertiary alicyclic amines) is 1. The number of rotatable bonds is 1. The summed E-state index contributed by atoms with van der Waals surface area (Å²) in [5.74, 6) is -1.22. The maximum Gasteiger partial charge on any atom is 0.321 e. The van der Waals surface area contributed by atoms with Gasteiger partial charge in [0.05, 0.1) is 0 Å². The molecule has 0 bridgehead atoms. The van der Waals surface area contributed by atoms with E-state index in [1.165, 1.54) is 0 Å². The highest BCUT2D eigenvalue weighted by Gasteiger charge is 2.36. The van der Waals surface area contributed by atoms with Crippen molar-refractivity contribution in [2.75, 3.05) is 13.6 Å². The molecule has 4 heteroatoms. The molecule has 1 saturated heterocycles. The van der Waals surface area contributed by atoms with E-state index in [9.17, 15) is 9.59 Å². The zero-order valence-electron chi connectivity index (χ0n) is 7.28. The van der Waals surface area contributed by atoms with Crippen LogP contribution in [0.2, 0.25) is 0 Å². The van der Waals surface area contributed by atoms with Gasteiger partial charge >= 0.3 is 5.97 Å². The number of carboxylic acid groups (broad SMARTS) is 1. The fourth-order valence-corrected chi connectivity index (χ4v) is 1.61. The SMILES string of the molecule is CC1C(=O)CCN(C)C1C(=O)O. The number of carboxylic acids is 1. The number of hydrogen-bond donors (Lipinski definition) is 1. The third-order valence-corrected chi connectivity index (χ3v) is 2.42. The fraction of sp³-hybridized carbons (Fsp3) is 0.750. The third-order valence-electron chi connectivity index (χ3n) is 2.42. The average molecular weight is 171 g/mol. The summed E-state index contributed by atoms with van der Waals surface area (Å²) in [6.45, 7) is 2.23. The van der Waals surface area contributed by atoms with E-state index in [4.69, 9.17) is 5.11 Å². The van der Waals surface area contributed by atoms with Crippen molar-refractivity contribution in [1.29, 1.82) is 0 Å². The van der Waals surface area contributed by atoms with Crippen LogP contribution in [0.5, 0.6) is 0 Å². The first-order valence-corrected chi connectivity index (χ1v) is 4.00. The normalized spacial score (nSPS) is 32.0. The Balaban J connectivity index is 2.78. The Morgan fingerprint density at radius 2 is 2.25 bits per heavy atom. The highest BCUT2D eigenvalue weighted by molar-refractivity contribution is 5.89. The van der Waals surface area contributed by atoms with Crippen LogP contribution in [0.25, 0.3) is 0 Å². The van der Waals surface area contributed by atoms with Gasteiger partial charge in [-0.1, -0.05) is 6.92 Å². The first-order chi connectivity index (χ1) is 5.54. The lowest BCUT2D eigenvalue weighted by atomic mass is 9.90. The Bertz CT molecular complexity index is 214. The van der Waals surface area contributed by atoms with Crippen LogP contribution >= 0.6 is 0 Å². The highest BCUT2D eigenvalue weighted by Crippen LogP contribution is 2.18. The number of aliphatic carboxylic acids is 1. The summed E-state index contributed by atoms with van der Waals surface area (Å²) in [5.41, 5.74) is 0. The lowest BCUT2D eigenvalue weighted by molar-refractivity contribution is -0.150. The minimum atomic E-state index is -0.905. The van der Waals surface area contributed by atoms with Crippen LogP contribution in [0.4, 0.5) is 0 Å². The van der Waals surface area contributed by atoms with Gasteiger partial charge in [-0.3, -0.25) is 14.5 Å². The van der Waals surface area contributed by atoms with Crippen molar-refractivity contribution in [3.05, 3.63) is 0 Å². The van der Waals surface area contributed by atoms with E-state index in [1.54, 1.807) is 18.9 Å². The molecule has 0 aromatic carbocycles. The lowest BCUT2D eigenvalue weighted by Crippen LogP contribution is -2.50. The van der Waals surface area contributed by atoms with Crippen LogP contribution in [0.1, 0.15) is 13.3 Å². The third kappa shape index (κ3) is 1.48. The van der Waals surface area contributed by atoms with Gasteiger partial charge in [0.1, 0.15) is 11.8 Å². The summed E-state index contributed by atoms with van der Waals surface area (Å²) < 4.78 is 0. The van der Waals surface area contributed by atoms with Crippen molar-refractivity contribution >= 4 is 11.8 Å². The number of ketones is 1. The van der Waals surface area contributed by atoms with Crippen molar-refractivity contribution in [3.63, 3.8) is 0 Å². The average Bonchev–Trinajstić information content (AvgIpc) is 1.97. The number of hydrogen-bond acceptors (Lipinski definition) is 3. The molecule has 0 radical (unpaired) electrons. The van der Waals surface area contributed by atoms with Gasteiger partial charge in [-0.05, 0) is 7.05 Å². The summed E-state index contributed by atoms with van der Waals surface area (Å²) in [6.07, 6.45) is 0.474. The van der Waals surface area contributed by atoms with Gasteiger partial charge < -0.3 is 5.11 Å². The molecule has 0 aliphatic carbocycles. The second-order valence-corrected chi connectivity index (χ2v) is 3.27. The molecule has 0 spiro atoms. The zero-order valence-corrected chi connectivity index (χ0v) is 7.28. The minimum absolute atomic E-state index is 0.0560. The van der Waals surface area contributed by atoms with E-state index in [-0.39, 0.29) is 11.7 Å². The van der Waals surface area contributed by atoms with Gasteiger partial charge in [0.25, 0.3) is 0 Å².